The molecule has 0 saturated heterocycles. The maximum atomic E-state index is 5.36. The Morgan fingerprint density at radius 3 is 2.85 bits per heavy atom. The molecule has 1 heterocycles. The van der Waals surface area contributed by atoms with Crippen LogP contribution in [0.2, 0.25) is 0 Å². The highest BCUT2D eigenvalue weighted by Crippen LogP contribution is 2.19. The van der Waals surface area contributed by atoms with Crippen molar-refractivity contribution in [2.24, 2.45) is 5.92 Å². The van der Waals surface area contributed by atoms with Crippen molar-refractivity contribution in [3.05, 3.63) is 47.5 Å². The zero-order valence-electron chi connectivity index (χ0n) is 12.4. The van der Waals surface area contributed by atoms with Crippen LogP contribution in [-0.4, -0.2) is 23.6 Å². The molecule has 4 nitrogen and oxygen atoms in total. The van der Waals surface area contributed by atoms with E-state index in [-0.39, 0.29) is 0 Å². The standard InChI is InChI=1S/C16H23N3O/c1-12(2)9-17-10-14-11-18-16(19-14)8-13-6-4-5-7-15(13)20-3/h4-7,11-12,17H,8-10H2,1-3H3,(H,18,19). The normalized spacial score (nSPS) is 11.0. The molecule has 0 saturated carbocycles. The summed E-state index contributed by atoms with van der Waals surface area (Å²) in [5.41, 5.74) is 2.27. The molecule has 4 heteroatoms. The van der Waals surface area contributed by atoms with Gasteiger partial charge in [-0.1, -0.05) is 32.0 Å². The molecule has 0 amide bonds. The topological polar surface area (TPSA) is 49.9 Å². The van der Waals surface area contributed by atoms with Crippen molar-refractivity contribution in [3.8, 4) is 5.75 Å². The first-order chi connectivity index (χ1) is 9.69. The Morgan fingerprint density at radius 2 is 2.10 bits per heavy atom. The van der Waals surface area contributed by atoms with Gasteiger partial charge < -0.3 is 15.0 Å². The third-order valence-corrected chi connectivity index (χ3v) is 3.10. The number of ether oxygens (including phenoxy) is 1. The van der Waals surface area contributed by atoms with Crippen LogP contribution >= 0.6 is 0 Å². The Kier molecular flexibility index (Phi) is 5.18. The van der Waals surface area contributed by atoms with Crippen molar-refractivity contribution < 1.29 is 4.74 Å². The number of hydrogen-bond donors (Lipinski definition) is 2. The SMILES string of the molecule is COc1ccccc1Cc1ncc(CNCC(C)C)[nH]1. The third kappa shape index (κ3) is 4.10. The van der Waals surface area contributed by atoms with E-state index in [1.165, 1.54) is 0 Å². The lowest BCUT2D eigenvalue weighted by molar-refractivity contribution is 0.410. The highest BCUT2D eigenvalue weighted by atomic mass is 16.5. The fourth-order valence-electron chi connectivity index (χ4n) is 2.11. The minimum atomic E-state index is 0.658. The minimum absolute atomic E-state index is 0.658. The largest absolute Gasteiger partial charge is 0.496 e. The molecule has 2 N–H and O–H groups in total. The molecule has 1 aromatic carbocycles. The average Bonchev–Trinajstić information content (AvgIpc) is 2.86. The summed E-state index contributed by atoms with van der Waals surface area (Å²) in [4.78, 5) is 7.79. The molecule has 0 bridgehead atoms. The lowest BCUT2D eigenvalue weighted by Gasteiger charge is -2.06. The molecule has 0 unspecified atom stereocenters. The van der Waals surface area contributed by atoms with E-state index in [0.717, 1.165) is 42.3 Å². The Hall–Kier alpha value is -1.81. The van der Waals surface area contributed by atoms with Crippen LogP contribution in [0, 0.1) is 5.92 Å². The first-order valence-corrected chi connectivity index (χ1v) is 7.04. The van der Waals surface area contributed by atoms with Crippen LogP contribution < -0.4 is 10.1 Å². The van der Waals surface area contributed by atoms with E-state index in [9.17, 15) is 0 Å². The summed E-state index contributed by atoms with van der Waals surface area (Å²) in [7, 11) is 1.70. The van der Waals surface area contributed by atoms with Gasteiger partial charge in [-0.05, 0) is 18.5 Å². The van der Waals surface area contributed by atoms with Gasteiger partial charge in [-0.25, -0.2) is 4.98 Å². The van der Waals surface area contributed by atoms with Gasteiger partial charge in [0.15, 0.2) is 0 Å². The third-order valence-electron chi connectivity index (χ3n) is 3.10. The quantitative estimate of drug-likeness (QED) is 0.815. The van der Waals surface area contributed by atoms with Gasteiger partial charge in [0.2, 0.25) is 0 Å². The Balaban J connectivity index is 1.95. The molecule has 0 spiro atoms. The molecule has 2 rings (SSSR count). The summed E-state index contributed by atoms with van der Waals surface area (Å²) in [5, 5.41) is 3.40. The van der Waals surface area contributed by atoms with Gasteiger partial charge in [0.25, 0.3) is 0 Å². The van der Waals surface area contributed by atoms with E-state index in [1.807, 2.05) is 24.4 Å². The number of hydrogen-bond acceptors (Lipinski definition) is 3. The molecule has 0 aliphatic heterocycles. The summed E-state index contributed by atoms with van der Waals surface area (Å²) in [6, 6.07) is 8.04. The van der Waals surface area contributed by atoms with Gasteiger partial charge in [-0.2, -0.15) is 0 Å². The summed E-state index contributed by atoms with van der Waals surface area (Å²) >= 11 is 0. The smallest absolute Gasteiger partial charge is 0.122 e. The van der Waals surface area contributed by atoms with Crippen LogP contribution in [0.5, 0.6) is 5.75 Å². The summed E-state index contributed by atoms with van der Waals surface area (Å²) in [6.45, 7) is 6.25. The maximum absolute atomic E-state index is 5.36. The molecule has 20 heavy (non-hydrogen) atoms. The zero-order chi connectivity index (χ0) is 14.4. The average molecular weight is 273 g/mol. The Bertz CT molecular complexity index is 534. The highest BCUT2D eigenvalue weighted by molar-refractivity contribution is 5.35. The van der Waals surface area contributed by atoms with E-state index in [2.05, 4.69) is 35.2 Å². The summed E-state index contributed by atoms with van der Waals surface area (Å²) < 4.78 is 5.36. The van der Waals surface area contributed by atoms with Gasteiger partial charge in [-0.3, -0.25) is 0 Å². The molecule has 0 aliphatic carbocycles. The van der Waals surface area contributed by atoms with E-state index in [4.69, 9.17) is 4.74 Å². The Morgan fingerprint density at radius 1 is 1.30 bits per heavy atom. The van der Waals surface area contributed by atoms with Crippen molar-refractivity contribution in [3.63, 3.8) is 0 Å². The van der Waals surface area contributed by atoms with Gasteiger partial charge >= 0.3 is 0 Å². The first-order valence-electron chi connectivity index (χ1n) is 7.04. The number of rotatable bonds is 7. The van der Waals surface area contributed by atoms with Crippen molar-refractivity contribution in [1.82, 2.24) is 15.3 Å². The maximum Gasteiger partial charge on any atom is 0.122 e. The predicted octanol–water partition coefficient (Wildman–Crippen LogP) is 2.75. The van der Waals surface area contributed by atoms with Crippen LogP contribution in [0.25, 0.3) is 0 Å². The molecule has 0 aliphatic rings. The number of benzene rings is 1. The number of H-pyrrole nitrogens is 1. The number of aromatic nitrogens is 2. The molecule has 108 valence electrons. The van der Waals surface area contributed by atoms with E-state index >= 15 is 0 Å². The number of imidazole rings is 1. The molecule has 0 fully saturated rings. The molecule has 0 radical (unpaired) electrons. The van der Waals surface area contributed by atoms with Crippen molar-refractivity contribution in [2.45, 2.75) is 26.8 Å². The molecule has 1 aromatic heterocycles. The number of nitrogens with one attached hydrogen (secondary N) is 2. The zero-order valence-corrected chi connectivity index (χ0v) is 12.4. The fourth-order valence-corrected chi connectivity index (χ4v) is 2.11. The highest BCUT2D eigenvalue weighted by Gasteiger charge is 2.06. The van der Waals surface area contributed by atoms with Crippen LogP contribution in [-0.2, 0) is 13.0 Å². The monoisotopic (exact) mass is 273 g/mol. The lowest BCUT2D eigenvalue weighted by Crippen LogP contribution is -2.19. The van der Waals surface area contributed by atoms with E-state index in [0.29, 0.717) is 5.92 Å². The lowest BCUT2D eigenvalue weighted by atomic mass is 10.1. The molecular formula is C16H23N3O. The van der Waals surface area contributed by atoms with Gasteiger partial charge in [0.1, 0.15) is 11.6 Å². The van der Waals surface area contributed by atoms with Gasteiger partial charge in [0.05, 0.1) is 7.11 Å². The van der Waals surface area contributed by atoms with Crippen LogP contribution in [0.1, 0.15) is 30.9 Å². The second-order valence-electron chi connectivity index (χ2n) is 5.37. The molecule has 0 atom stereocenters. The van der Waals surface area contributed by atoms with E-state index in [1.54, 1.807) is 7.11 Å². The summed E-state index contributed by atoms with van der Waals surface area (Å²) in [5.74, 6) is 2.53. The first kappa shape index (κ1) is 14.6. The van der Waals surface area contributed by atoms with Gasteiger partial charge in [0, 0.05) is 30.4 Å². The fraction of sp³-hybridized carbons (Fsp3) is 0.438. The Labute approximate surface area is 120 Å². The number of nitrogens with zero attached hydrogens (tertiary/aromatic N) is 1. The van der Waals surface area contributed by atoms with Crippen LogP contribution in [0.4, 0.5) is 0 Å². The van der Waals surface area contributed by atoms with Crippen molar-refractivity contribution >= 4 is 0 Å². The van der Waals surface area contributed by atoms with E-state index < -0.39 is 0 Å². The number of methoxy groups -OCH3 is 1. The second kappa shape index (κ2) is 7.10. The molecule has 2 aromatic rings. The number of aromatic amines is 1. The molecular weight excluding hydrogens is 250 g/mol. The summed E-state index contributed by atoms with van der Waals surface area (Å²) in [6.07, 6.45) is 2.66. The predicted molar refractivity (Wildman–Crippen MR) is 80.9 cm³/mol. The minimum Gasteiger partial charge on any atom is -0.496 e. The van der Waals surface area contributed by atoms with Gasteiger partial charge in [-0.15, -0.1) is 0 Å². The van der Waals surface area contributed by atoms with Crippen molar-refractivity contribution in [1.29, 1.82) is 0 Å². The number of para-hydroxylation sites is 1. The van der Waals surface area contributed by atoms with Crippen LogP contribution in [0.15, 0.2) is 30.5 Å². The second-order valence-corrected chi connectivity index (χ2v) is 5.37. The van der Waals surface area contributed by atoms with Crippen molar-refractivity contribution in [2.75, 3.05) is 13.7 Å². The van der Waals surface area contributed by atoms with Crippen LogP contribution in [0.3, 0.4) is 0 Å².